The Morgan fingerprint density at radius 3 is 2.63 bits per heavy atom. The number of fused-ring (bicyclic) bond motifs is 1. The number of aromatic nitrogens is 2. The maximum absolute atomic E-state index is 9.59. The Balaban J connectivity index is 2.22. The van der Waals surface area contributed by atoms with Gasteiger partial charge in [-0.05, 0) is 12.8 Å². The number of anilines is 1. The Labute approximate surface area is 113 Å². The summed E-state index contributed by atoms with van der Waals surface area (Å²) in [5.74, 6) is 0.790. The SMILES string of the molecule is CCC(CC)(CO)CNc1nncc2ccccc12. The van der Waals surface area contributed by atoms with Crippen LogP contribution < -0.4 is 5.32 Å². The molecule has 0 bridgehead atoms. The number of aliphatic hydroxyl groups excluding tert-OH is 1. The van der Waals surface area contributed by atoms with Crippen LogP contribution in [0.15, 0.2) is 30.5 Å². The zero-order valence-corrected chi connectivity index (χ0v) is 11.6. The van der Waals surface area contributed by atoms with Crippen molar-refractivity contribution >= 4 is 16.6 Å². The highest BCUT2D eigenvalue weighted by Gasteiger charge is 2.25. The van der Waals surface area contributed by atoms with E-state index in [0.29, 0.717) is 6.54 Å². The summed E-state index contributed by atoms with van der Waals surface area (Å²) >= 11 is 0. The Kier molecular flexibility index (Phi) is 4.32. The molecule has 0 fully saturated rings. The maximum atomic E-state index is 9.59. The van der Waals surface area contributed by atoms with Crippen LogP contribution in [0.1, 0.15) is 26.7 Å². The first-order valence-electron chi connectivity index (χ1n) is 6.80. The molecule has 2 rings (SSSR count). The molecule has 1 heterocycles. The first-order valence-corrected chi connectivity index (χ1v) is 6.80. The van der Waals surface area contributed by atoms with Crippen LogP contribution in [0.3, 0.4) is 0 Å². The van der Waals surface area contributed by atoms with Crippen LogP contribution in [0.2, 0.25) is 0 Å². The Bertz CT molecular complexity index is 524. The normalized spacial score (nSPS) is 11.7. The molecule has 1 aromatic heterocycles. The number of nitrogens with zero attached hydrogens (tertiary/aromatic N) is 2. The van der Waals surface area contributed by atoms with Crippen molar-refractivity contribution < 1.29 is 5.11 Å². The zero-order valence-electron chi connectivity index (χ0n) is 11.6. The predicted octanol–water partition coefficient (Wildman–Crippen LogP) is 2.84. The van der Waals surface area contributed by atoms with Gasteiger partial charge >= 0.3 is 0 Å². The van der Waals surface area contributed by atoms with Crippen LogP contribution >= 0.6 is 0 Å². The lowest BCUT2D eigenvalue weighted by Crippen LogP contribution is -2.32. The summed E-state index contributed by atoms with van der Waals surface area (Å²) in [7, 11) is 0. The predicted molar refractivity (Wildman–Crippen MR) is 78.1 cm³/mol. The lowest BCUT2D eigenvalue weighted by Gasteiger charge is -2.29. The van der Waals surface area contributed by atoms with Crippen molar-refractivity contribution in [2.45, 2.75) is 26.7 Å². The first-order chi connectivity index (χ1) is 9.24. The standard InChI is InChI=1S/C15H21N3O/c1-3-15(4-2,11-19)10-16-14-13-8-6-5-7-12(13)9-17-18-14/h5-9,19H,3-4,10-11H2,1-2H3,(H,16,18). The molecule has 0 aliphatic rings. The van der Waals surface area contributed by atoms with Crippen molar-refractivity contribution in [2.75, 3.05) is 18.5 Å². The molecule has 2 N–H and O–H groups in total. The van der Waals surface area contributed by atoms with Crippen LogP contribution in [0.4, 0.5) is 5.82 Å². The average Bonchev–Trinajstić information content (AvgIpc) is 2.49. The molecule has 4 nitrogen and oxygen atoms in total. The Morgan fingerprint density at radius 2 is 1.95 bits per heavy atom. The van der Waals surface area contributed by atoms with Gasteiger partial charge in [-0.2, -0.15) is 5.10 Å². The monoisotopic (exact) mass is 259 g/mol. The lowest BCUT2D eigenvalue weighted by atomic mass is 9.83. The van der Waals surface area contributed by atoms with Gasteiger partial charge in [-0.15, -0.1) is 5.10 Å². The molecule has 2 aromatic rings. The molecule has 0 amide bonds. The summed E-state index contributed by atoms with van der Waals surface area (Å²) in [6.07, 6.45) is 3.63. The van der Waals surface area contributed by atoms with E-state index in [1.807, 2.05) is 24.3 Å². The second kappa shape index (κ2) is 5.97. The molecule has 1 aromatic carbocycles. The molecule has 0 saturated heterocycles. The summed E-state index contributed by atoms with van der Waals surface area (Å²) < 4.78 is 0. The summed E-state index contributed by atoms with van der Waals surface area (Å²) in [4.78, 5) is 0. The summed E-state index contributed by atoms with van der Waals surface area (Å²) in [5.41, 5.74) is -0.0847. The van der Waals surface area contributed by atoms with Crippen LogP contribution in [0.25, 0.3) is 10.8 Å². The van der Waals surface area contributed by atoms with Gasteiger partial charge in [0.15, 0.2) is 5.82 Å². The van der Waals surface area contributed by atoms with Gasteiger partial charge in [-0.3, -0.25) is 0 Å². The minimum Gasteiger partial charge on any atom is -0.396 e. The maximum Gasteiger partial charge on any atom is 0.156 e. The Morgan fingerprint density at radius 1 is 1.21 bits per heavy atom. The van der Waals surface area contributed by atoms with E-state index >= 15 is 0 Å². The highest BCUT2D eigenvalue weighted by molar-refractivity contribution is 5.90. The largest absolute Gasteiger partial charge is 0.396 e. The van der Waals surface area contributed by atoms with Gasteiger partial charge in [-0.1, -0.05) is 38.1 Å². The van der Waals surface area contributed by atoms with Crippen molar-refractivity contribution in [2.24, 2.45) is 5.41 Å². The molecule has 0 radical (unpaired) electrons. The summed E-state index contributed by atoms with van der Waals surface area (Å²) in [6.45, 7) is 5.11. The van der Waals surface area contributed by atoms with Gasteiger partial charge in [0, 0.05) is 22.7 Å². The highest BCUT2D eigenvalue weighted by Crippen LogP contribution is 2.27. The quantitative estimate of drug-likeness (QED) is 0.837. The van der Waals surface area contributed by atoms with Crippen molar-refractivity contribution in [3.05, 3.63) is 30.5 Å². The summed E-state index contributed by atoms with van der Waals surface area (Å²) in [6, 6.07) is 8.04. The third-order valence-corrected chi connectivity index (χ3v) is 4.04. The molecule has 102 valence electrons. The molecule has 0 spiro atoms. The molecule has 19 heavy (non-hydrogen) atoms. The smallest absolute Gasteiger partial charge is 0.156 e. The van der Waals surface area contributed by atoms with E-state index in [1.165, 1.54) is 0 Å². The third-order valence-electron chi connectivity index (χ3n) is 4.04. The Hall–Kier alpha value is -1.68. The number of nitrogens with one attached hydrogen (secondary N) is 1. The van der Waals surface area contributed by atoms with Gasteiger partial charge < -0.3 is 10.4 Å². The first kappa shape index (κ1) is 13.7. The fourth-order valence-corrected chi connectivity index (χ4v) is 2.21. The van der Waals surface area contributed by atoms with Crippen molar-refractivity contribution in [1.82, 2.24) is 10.2 Å². The van der Waals surface area contributed by atoms with Crippen LogP contribution in [-0.4, -0.2) is 28.5 Å². The van der Waals surface area contributed by atoms with E-state index in [4.69, 9.17) is 0 Å². The molecular weight excluding hydrogens is 238 g/mol. The van der Waals surface area contributed by atoms with E-state index in [1.54, 1.807) is 6.20 Å². The van der Waals surface area contributed by atoms with E-state index in [9.17, 15) is 5.11 Å². The van der Waals surface area contributed by atoms with Crippen LogP contribution in [0.5, 0.6) is 0 Å². The molecule has 0 aliphatic carbocycles. The third kappa shape index (κ3) is 2.84. The minimum absolute atomic E-state index is 0.0847. The minimum atomic E-state index is -0.0847. The van der Waals surface area contributed by atoms with E-state index < -0.39 is 0 Å². The average molecular weight is 259 g/mol. The molecule has 0 unspecified atom stereocenters. The molecule has 0 saturated carbocycles. The second-order valence-electron chi connectivity index (χ2n) is 5.00. The van der Waals surface area contributed by atoms with Gasteiger partial charge in [0.05, 0.1) is 12.8 Å². The van der Waals surface area contributed by atoms with Gasteiger partial charge in [0.1, 0.15) is 0 Å². The highest BCUT2D eigenvalue weighted by atomic mass is 16.3. The number of rotatable bonds is 6. The molecule has 0 aliphatic heterocycles. The van der Waals surface area contributed by atoms with E-state index in [2.05, 4.69) is 29.4 Å². The fourth-order valence-electron chi connectivity index (χ4n) is 2.21. The number of aliphatic hydroxyl groups is 1. The van der Waals surface area contributed by atoms with Crippen LogP contribution in [-0.2, 0) is 0 Å². The lowest BCUT2D eigenvalue weighted by molar-refractivity contribution is 0.127. The molecule has 0 atom stereocenters. The second-order valence-corrected chi connectivity index (χ2v) is 5.00. The number of benzene rings is 1. The van der Waals surface area contributed by atoms with E-state index in [-0.39, 0.29) is 12.0 Å². The number of hydrogen-bond acceptors (Lipinski definition) is 4. The van der Waals surface area contributed by atoms with Gasteiger partial charge in [0.2, 0.25) is 0 Å². The summed E-state index contributed by atoms with van der Waals surface area (Å²) in [5, 5.41) is 23.3. The molecule has 4 heteroatoms. The van der Waals surface area contributed by atoms with Gasteiger partial charge in [0.25, 0.3) is 0 Å². The van der Waals surface area contributed by atoms with Crippen molar-refractivity contribution in [3.8, 4) is 0 Å². The zero-order chi connectivity index (χ0) is 13.7. The topological polar surface area (TPSA) is 58.0 Å². The van der Waals surface area contributed by atoms with Crippen molar-refractivity contribution in [1.29, 1.82) is 0 Å². The molecular formula is C15H21N3O. The van der Waals surface area contributed by atoms with Crippen LogP contribution in [0, 0.1) is 5.41 Å². The van der Waals surface area contributed by atoms with Crippen molar-refractivity contribution in [3.63, 3.8) is 0 Å². The fraction of sp³-hybridized carbons (Fsp3) is 0.467. The van der Waals surface area contributed by atoms with E-state index in [0.717, 1.165) is 29.4 Å². The number of hydrogen-bond donors (Lipinski definition) is 2. The van der Waals surface area contributed by atoms with Gasteiger partial charge in [-0.25, -0.2) is 0 Å².